The van der Waals surface area contributed by atoms with E-state index >= 15 is 0 Å². The summed E-state index contributed by atoms with van der Waals surface area (Å²) in [5.41, 5.74) is 8.00. The molecule has 0 aliphatic heterocycles. The average Bonchev–Trinajstić information content (AvgIpc) is 2.54. The van der Waals surface area contributed by atoms with Gasteiger partial charge in [-0.05, 0) is 35.7 Å². The molecule has 0 saturated heterocycles. The molecule has 2 aromatic carbocycles. The lowest BCUT2D eigenvalue weighted by Crippen LogP contribution is -2.15. The van der Waals surface area contributed by atoms with Crippen molar-refractivity contribution in [2.45, 2.75) is 19.3 Å². The number of hydrogen-bond acceptors (Lipinski definition) is 4. The molecule has 1 amide bonds. The Hall–Kier alpha value is -2.40. The highest BCUT2D eigenvalue weighted by atomic mass is 35.5. The van der Waals surface area contributed by atoms with Gasteiger partial charge in [-0.15, -0.1) is 12.4 Å². The van der Waals surface area contributed by atoms with Gasteiger partial charge in [0, 0.05) is 12.1 Å². The van der Waals surface area contributed by atoms with E-state index in [0.29, 0.717) is 23.5 Å². The number of carbonyl (C=O) groups is 1. The first-order valence-electron chi connectivity index (χ1n) is 7.41. The third-order valence-corrected chi connectivity index (χ3v) is 3.67. The molecule has 2 aromatic rings. The molecule has 0 aromatic heterocycles. The van der Waals surface area contributed by atoms with E-state index < -0.39 is 0 Å². The van der Waals surface area contributed by atoms with Crippen LogP contribution in [0.4, 0.5) is 11.4 Å². The molecule has 0 aliphatic carbocycles. The lowest BCUT2D eigenvalue weighted by Gasteiger charge is -2.15. The van der Waals surface area contributed by atoms with Gasteiger partial charge < -0.3 is 20.5 Å². The van der Waals surface area contributed by atoms with Gasteiger partial charge in [-0.2, -0.15) is 0 Å². The van der Waals surface area contributed by atoms with Crippen LogP contribution in [0.25, 0.3) is 0 Å². The lowest BCUT2D eigenvalue weighted by molar-refractivity contribution is -0.116. The van der Waals surface area contributed by atoms with E-state index in [4.69, 9.17) is 15.2 Å². The maximum absolute atomic E-state index is 12.2. The first kappa shape index (κ1) is 19.6. The van der Waals surface area contributed by atoms with E-state index in [2.05, 4.69) is 5.32 Å². The van der Waals surface area contributed by atoms with Crippen molar-refractivity contribution in [2.24, 2.45) is 0 Å². The van der Waals surface area contributed by atoms with Crippen LogP contribution in [-0.2, 0) is 4.79 Å². The van der Waals surface area contributed by atoms with Crippen molar-refractivity contribution in [3.05, 3.63) is 48.0 Å². The maximum atomic E-state index is 12.2. The number of methoxy groups -OCH3 is 2. The Morgan fingerprint density at radius 3 is 2.42 bits per heavy atom. The number of nitrogen functional groups attached to an aromatic ring is 1. The number of halogens is 1. The van der Waals surface area contributed by atoms with Gasteiger partial charge in [0.05, 0.1) is 19.9 Å². The molecule has 1 unspecified atom stereocenters. The summed E-state index contributed by atoms with van der Waals surface area (Å²) in [6.07, 6.45) is 0.353. The molecule has 1 atom stereocenters. The van der Waals surface area contributed by atoms with Crippen molar-refractivity contribution >= 4 is 29.7 Å². The summed E-state index contributed by atoms with van der Waals surface area (Å²) in [6, 6.07) is 12.9. The van der Waals surface area contributed by atoms with E-state index in [1.54, 1.807) is 32.4 Å². The number of anilines is 2. The van der Waals surface area contributed by atoms with Gasteiger partial charge >= 0.3 is 0 Å². The first-order chi connectivity index (χ1) is 11.0. The van der Waals surface area contributed by atoms with Crippen molar-refractivity contribution < 1.29 is 14.3 Å². The van der Waals surface area contributed by atoms with Gasteiger partial charge in [-0.3, -0.25) is 4.79 Å². The quantitative estimate of drug-likeness (QED) is 0.776. The van der Waals surface area contributed by atoms with Crippen molar-refractivity contribution in [1.29, 1.82) is 0 Å². The zero-order chi connectivity index (χ0) is 16.8. The molecule has 0 saturated carbocycles. The van der Waals surface area contributed by atoms with Crippen LogP contribution in [-0.4, -0.2) is 20.1 Å². The standard InChI is InChI=1S/C18H22N2O3.ClH/c1-12(14-6-4-5-7-16(14)22-2)10-18(21)20-13-8-9-17(23-3)15(19)11-13;/h4-9,11-12H,10,19H2,1-3H3,(H,20,21);1H. The number of para-hydroxylation sites is 1. The maximum Gasteiger partial charge on any atom is 0.224 e. The third-order valence-electron chi connectivity index (χ3n) is 3.67. The van der Waals surface area contributed by atoms with Gasteiger partial charge in [0.15, 0.2) is 0 Å². The van der Waals surface area contributed by atoms with Crippen LogP contribution in [0.3, 0.4) is 0 Å². The summed E-state index contributed by atoms with van der Waals surface area (Å²) in [5, 5.41) is 2.86. The second-order valence-corrected chi connectivity index (χ2v) is 5.35. The van der Waals surface area contributed by atoms with Crippen molar-refractivity contribution in [1.82, 2.24) is 0 Å². The van der Waals surface area contributed by atoms with Crippen molar-refractivity contribution in [3.8, 4) is 11.5 Å². The van der Waals surface area contributed by atoms with Crippen LogP contribution in [0.15, 0.2) is 42.5 Å². The zero-order valence-corrected chi connectivity index (χ0v) is 14.9. The molecular weight excluding hydrogens is 328 g/mol. The van der Waals surface area contributed by atoms with Crippen molar-refractivity contribution in [3.63, 3.8) is 0 Å². The number of nitrogens with one attached hydrogen (secondary N) is 1. The highest BCUT2D eigenvalue weighted by molar-refractivity contribution is 5.92. The summed E-state index contributed by atoms with van der Waals surface area (Å²) in [5.74, 6) is 1.35. The summed E-state index contributed by atoms with van der Waals surface area (Å²) in [7, 11) is 3.19. The molecule has 0 bridgehead atoms. The molecule has 0 heterocycles. The molecule has 0 aliphatic rings. The summed E-state index contributed by atoms with van der Waals surface area (Å²) in [4.78, 5) is 12.2. The predicted octanol–water partition coefficient (Wildman–Crippen LogP) is 3.84. The Balaban J connectivity index is 0.00000288. The molecule has 6 heteroatoms. The van der Waals surface area contributed by atoms with E-state index in [1.807, 2.05) is 31.2 Å². The van der Waals surface area contributed by atoms with Crippen LogP contribution in [0.1, 0.15) is 24.8 Å². The highest BCUT2D eigenvalue weighted by Crippen LogP contribution is 2.29. The average molecular weight is 351 g/mol. The number of nitrogens with two attached hydrogens (primary N) is 1. The molecular formula is C18H23ClN2O3. The monoisotopic (exact) mass is 350 g/mol. The first-order valence-corrected chi connectivity index (χ1v) is 7.41. The van der Waals surface area contributed by atoms with E-state index in [0.717, 1.165) is 11.3 Å². The summed E-state index contributed by atoms with van der Waals surface area (Å²) >= 11 is 0. The largest absolute Gasteiger partial charge is 0.496 e. The van der Waals surface area contributed by atoms with Crippen LogP contribution < -0.4 is 20.5 Å². The minimum Gasteiger partial charge on any atom is -0.496 e. The number of ether oxygens (including phenoxy) is 2. The third kappa shape index (κ3) is 4.80. The Kier molecular flexibility index (Phi) is 7.39. The Morgan fingerprint density at radius 2 is 1.79 bits per heavy atom. The molecule has 24 heavy (non-hydrogen) atoms. The van der Waals surface area contributed by atoms with Crippen molar-refractivity contribution in [2.75, 3.05) is 25.3 Å². The van der Waals surface area contributed by atoms with E-state index in [-0.39, 0.29) is 24.2 Å². The van der Waals surface area contributed by atoms with Crippen LogP contribution in [0.2, 0.25) is 0 Å². The van der Waals surface area contributed by atoms with E-state index in [9.17, 15) is 4.79 Å². The zero-order valence-electron chi connectivity index (χ0n) is 14.0. The van der Waals surface area contributed by atoms with Crippen LogP contribution >= 0.6 is 12.4 Å². The lowest BCUT2D eigenvalue weighted by atomic mass is 9.96. The fourth-order valence-electron chi connectivity index (χ4n) is 2.49. The number of rotatable bonds is 6. The van der Waals surface area contributed by atoms with Crippen LogP contribution in [0, 0.1) is 0 Å². The summed E-state index contributed by atoms with van der Waals surface area (Å²) < 4.78 is 10.4. The Morgan fingerprint density at radius 1 is 1.12 bits per heavy atom. The minimum absolute atomic E-state index is 0. The van der Waals surface area contributed by atoms with E-state index in [1.165, 1.54) is 0 Å². The molecule has 0 radical (unpaired) electrons. The van der Waals surface area contributed by atoms with Gasteiger partial charge in [-0.1, -0.05) is 25.1 Å². The molecule has 0 spiro atoms. The number of benzene rings is 2. The number of carbonyl (C=O) groups excluding carboxylic acids is 1. The molecule has 130 valence electrons. The second kappa shape index (κ2) is 9.03. The van der Waals surface area contributed by atoms with Gasteiger partial charge in [-0.25, -0.2) is 0 Å². The van der Waals surface area contributed by atoms with Gasteiger partial charge in [0.1, 0.15) is 11.5 Å². The number of amides is 1. The fraction of sp³-hybridized carbons (Fsp3) is 0.278. The highest BCUT2D eigenvalue weighted by Gasteiger charge is 2.15. The second-order valence-electron chi connectivity index (χ2n) is 5.35. The molecule has 5 nitrogen and oxygen atoms in total. The van der Waals surface area contributed by atoms with Gasteiger partial charge in [0.2, 0.25) is 5.91 Å². The smallest absolute Gasteiger partial charge is 0.224 e. The minimum atomic E-state index is -0.0760. The normalized spacial score (nSPS) is 11.1. The SMILES string of the molecule is COc1ccc(NC(=O)CC(C)c2ccccc2OC)cc1N.Cl. The molecule has 2 rings (SSSR count). The fourth-order valence-corrected chi connectivity index (χ4v) is 2.49. The Bertz CT molecular complexity index is 692. The Labute approximate surface area is 148 Å². The van der Waals surface area contributed by atoms with Crippen LogP contribution in [0.5, 0.6) is 11.5 Å². The molecule has 0 fully saturated rings. The summed E-state index contributed by atoms with van der Waals surface area (Å²) in [6.45, 7) is 2.00. The number of hydrogen-bond donors (Lipinski definition) is 2. The van der Waals surface area contributed by atoms with Gasteiger partial charge in [0.25, 0.3) is 0 Å². The topological polar surface area (TPSA) is 73.6 Å². The molecule has 3 N–H and O–H groups in total. The predicted molar refractivity (Wildman–Crippen MR) is 99.3 cm³/mol.